The van der Waals surface area contributed by atoms with E-state index in [9.17, 15) is 9.90 Å². The van der Waals surface area contributed by atoms with Gasteiger partial charge in [-0.25, -0.2) is 4.79 Å². The Hall–Kier alpha value is -1.26. The summed E-state index contributed by atoms with van der Waals surface area (Å²) in [5.74, 6) is -0.805. The van der Waals surface area contributed by atoms with Crippen LogP contribution in [0.2, 0.25) is 5.02 Å². The van der Waals surface area contributed by atoms with Crippen molar-refractivity contribution in [2.24, 2.45) is 5.92 Å². The van der Waals surface area contributed by atoms with E-state index in [1.807, 2.05) is 0 Å². The topological polar surface area (TPSA) is 69.6 Å². The summed E-state index contributed by atoms with van der Waals surface area (Å²) < 4.78 is 0. The van der Waals surface area contributed by atoms with Crippen molar-refractivity contribution in [3.05, 3.63) is 28.8 Å². The van der Waals surface area contributed by atoms with Crippen molar-refractivity contribution in [1.82, 2.24) is 0 Å². The van der Waals surface area contributed by atoms with Gasteiger partial charge in [0.1, 0.15) is 0 Å². The molecular formula is C13H16ClNO3. The number of aliphatic hydroxyl groups is 1. The molecule has 1 saturated carbocycles. The van der Waals surface area contributed by atoms with Crippen LogP contribution in [0.5, 0.6) is 0 Å². The number of carboxylic acid groups (broad SMARTS) is 1. The van der Waals surface area contributed by atoms with Gasteiger partial charge in [-0.15, -0.1) is 0 Å². The third-order valence-electron chi connectivity index (χ3n) is 3.45. The van der Waals surface area contributed by atoms with Crippen LogP contribution in [0.4, 0.5) is 5.69 Å². The van der Waals surface area contributed by atoms with E-state index in [0.29, 0.717) is 10.7 Å². The first-order chi connectivity index (χ1) is 8.61. The molecule has 3 N–H and O–H groups in total. The molecule has 0 radical (unpaired) electrons. The average Bonchev–Trinajstić information content (AvgIpc) is 2.78. The van der Waals surface area contributed by atoms with Crippen LogP contribution < -0.4 is 5.32 Å². The summed E-state index contributed by atoms with van der Waals surface area (Å²) in [5, 5.41) is 22.0. The predicted molar refractivity (Wildman–Crippen MR) is 70.2 cm³/mol. The highest BCUT2D eigenvalue weighted by Crippen LogP contribution is 2.30. The highest BCUT2D eigenvalue weighted by Gasteiger charge is 2.27. The summed E-state index contributed by atoms with van der Waals surface area (Å²) >= 11 is 5.80. The molecule has 1 aliphatic carbocycles. The molecule has 1 fully saturated rings. The summed E-state index contributed by atoms with van der Waals surface area (Å²) in [5.41, 5.74) is 0.739. The van der Waals surface area contributed by atoms with Gasteiger partial charge >= 0.3 is 5.97 Å². The molecule has 98 valence electrons. The second-order valence-electron chi connectivity index (χ2n) is 4.62. The molecule has 5 heteroatoms. The molecule has 1 aliphatic rings. The Bertz CT molecular complexity index is 450. The molecule has 0 aliphatic heterocycles. The molecule has 2 unspecified atom stereocenters. The van der Waals surface area contributed by atoms with Crippen molar-refractivity contribution in [2.75, 3.05) is 11.9 Å². The number of aliphatic hydroxyl groups excluding tert-OH is 1. The van der Waals surface area contributed by atoms with Gasteiger partial charge in [-0.05, 0) is 31.0 Å². The highest BCUT2D eigenvalue weighted by atomic mass is 35.5. The molecule has 0 aromatic heterocycles. The molecule has 0 amide bonds. The second kappa shape index (κ2) is 5.59. The lowest BCUT2D eigenvalue weighted by atomic mass is 10.0. The Morgan fingerprint density at radius 3 is 2.89 bits per heavy atom. The number of halogens is 1. The quantitative estimate of drug-likeness (QED) is 0.786. The molecule has 0 saturated heterocycles. The number of carbonyl (C=O) groups is 1. The van der Waals surface area contributed by atoms with Crippen LogP contribution >= 0.6 is 11.6 Å². The fourth-order valence-corrected chi connectivity index (χ4v) is 2.64. The molecule has 2 atom stereocenters. The molecule has 1 aromatic carbocycles. The van der Waals surface area contributed by atoms with Crippen molar-refractivity contribution < 1.29 is 15.0 Å². The minimum Gasteiger partial charge on any atom is -0.478 e. The zero-order valence-corrected chi connectivity index (χ0v) is 10.7. The van der Waals surface area contributed by atoms with Gasteiger partial charge in [0.2, 0.25) is 0 Å². The van der Waals surface area contributed by atoms with E-state index in [2.05, 4.69) is 5.32 Å². The van der Waals surface area contributed by atoms with Crippen molar-refractivity contribution in [1.29, 1.82) is 0 Å². The van der Waals surface area contributed by atoms with Crippen molar-refractivity contribution >= 4 is 23.3 Å². The zero-order valence-electron chi connectivity index (χ0n) is 9.90. The lowest BCUT2D eigenvalue weighted by molar-refractivity contribution is 0.0698. The Morgan fingerprint density at radius 2 is 2.22 bits per heavy atom. The van der Waals surface area contributed by atoms with E-state index in [0.717, 1.165) is 19.3 Å². The summed E-state index contributed by atoms with van der Waals surface area (Å²) in [6.45, 7) is 0.133. The van der Waals surface area contributed by atoms with E-state index in [-0.39, 0.29) is 24.1 Å². The van der Waals surface area contributed by atoms with Gasteiger partial charge in [0, 0.05) is 29.3 Å². The fourth-order valence-electron chi connectivity index (χ4n) is 2.46. The van der Waals surface area contributed by atoms with E-state index in [4.69, 9.17) is 16.7 Å². The first-order valence-corrected chi connectivity index (χ1v) is 6.40. The number of anilines is 1. The molecule has 0 spiro atoms. The monoisotopic (exact) mass is 269 g/mol. The number of hydrogen-bond acceptors (Lipinski definition) is 3. The van der Waals surface area contributed by atoms with Crippen LogP contribution in [-0.2, 0) is 0 Å². The Balaban J connectivity index is 2.20. The SMILES string of the molecule is O=C(O)c1cc(Cl)ccc1NC1CCCC1CO. The van der Waals surface area contributed by atoms with Crippen molar-refractivity contribution in [2.45, 2.75) is 25.3 Å². The second-order valence-corrected chi connectivity index (χ2v) is 5.06. The van der Waals surface area contributed by atoms with Crippen LogP contribution in [-0.4, -0.2) is 28.8 Å². The normalized spacial score (nSPS) is 23.0. The third-order valence-corrected chi connectivity index (χ3v) is 3.68. The number of benzene rings is 1. The standard InChI is InChI=1S/C13H16ClNO3/c14-9-4-5-12(10(6-9)13(17)18)15-11-3-1-2-8(11)7-16/h4-6,8,11,15-16H,1-3,7H2,(H,17,18). The number of nitrogens with one attached hydrogen (secondary N) is 1. The third kappa shape index (κ3) is 2.76. The van der Waals surface area contributed by atoms with Crippen LogP contribution in [0.15, 0.2) is 18.2 Å². The van der Waals surface area contributed by atoms with Gasteiger partial charge < -0.3 is 15.5 Å². The summed E-state index contributed by atoms with van der Waals surface area (Å²) in [6, 6.07) is 4.92. The summed E-state index contributed by atoms with van der Waals surface area (Å²) in [6.07, 6.45) is 2.98. The maximum Gasteiger partial charge on any atom is 0.337 e. The van der Waals surface area contributed by atoms with E-state index in [1.165, 1.54) is 6.07 Å². The first-order valence-electron chi connectivity index (χ1n) is 6.02. The Kier molecular flexibility index (Phi) is 4.09. The Labute approximate surface area is 111 Å². The lowest BCUT2D eigenvalue weighted by Gasteiger charge is -2.21. The first kappa shape index (κ1) is 13.2. The maximum atomic E-state index is 11.2. The lowest BCUT2D eigenvalue weighted by Crippen LogP contribution is -2.27. The molecule has 0 heterocycles. The van der Waals surface area contributed by atoms with Gasteiger partial charge in [-0.1, -0.05) is 18.0 Å². The molecule has 18 heavy (non-hydrogen) atoms. The minimum absolute atomic E-state index is 0.133. The molecular weight excluding hydrogens is 254 g/mol. The number of hydrogen-bond donors (Lipinski definition) is 3. The van der Waals surface area contributed by atoms with Gasteiger partial charge in [0.25, 0.3) is 0 Å². The fraction of sp³-hybridized carbons (Fsp3) is 0.462. The van der Waals surface area contributed by atoms with E-state index >= 15 is 0 Å². The summed E-state index contributed by atoms with van der Waals surface area (Å²) in [4.78, 5) is 11.2. The van der Waals surface area contributed by atoms with Crippen LogP contribution in [0.1, 0.15) is 29.6 Å². The van der Waals surface area contributed by atoms with Gasteiger partial charge in [0.05, 0.1) is 5.56 Å². The van der Waals surface area contributed by atoms with E-state index in [1.54, 1.807) is 12.1 Å². The maximum absolute atomic E-state index is 11.2. The predicted octanol–water partition coefficient (Wildman–Crippen LogP) is 2.61. The summed E-state index contributed by atoms with van der Waals surface area (Å²) in [7, 11) is 0. The van der Waals surface area contributed by atoms with Crippen LogP contribution in [0.3, 0.4) is 0 Å². The number of rotatable bonds is 4. The van der Waals surface area contributed by atoms with Gasteiger partial charge in [-0.2, -0.15) is 0 Å². The van der Waals surface area contributed by atoms with Gasteiger partial charge in [-0.3, -0.25) is 0 Å². The molecule has 4 nitrogen and oxygen atoms in total. The largest absolute Gasteiger partial charge is 0.478 e. The molecule has 2 rings (SSSR count). The Morgan fingerprint density at radius 1 is 1.44 bits per heavy atom. The average molecular weight is 270 g/mol. The smallest absolute Gasteiger partial charge is 0.337 e. The minimum atomic E-state index is -1.00. The van der Waals surface area contributed by atoms with Crippen molar-refractivity contribution in [3.63, 3.8) is 0 Å². The molecule has 1 aromatic rings. The van der Waals surface area contributed by atoms with Crippen LogP contribution in [0, 0.1) is 5.92 Å². The van der Waals surface area contributed by atoms with E-state index < -0.39 is 5.97 Å². The highest BCUT2D eigenvalue weighted by molar-refractivity contribution is 6.31. The molecule has 0 bridgehead atoms. The number of aromatic carboxylic acids is 1. The van der Waals surface area contributed by atoms with Crippen molar-refractivity contribution in [3.8, 4) is 0 Å². The van der Waals surface area contributed by atoms with Crippen LogP contribution in [0.25, 0.3) is 0 Å². The zero-order chi connectivity index (χ0) is 13.1. The van der Waals surface area contributed by atoms with Gasteiger partial charge in [0.15, 0.2) is 0 Å². The number of carboxylic acids is 1.